The van der Waals surface area contributed by atoms with Crippen LogP contribution in [0.5, 0.6) is 17.4 Å². The zero-order chi connectivity index (χ0) is 17.8. The second-order valence-electron chi connectivity index (χ2n) is 5.66. The first-order valence-corrected chi connectivity index (χ1v) is 7.83. The molecule has 6 heteroatoms. The van der Waals surface area contributed by atoms with Gasteiger partial charge in [-0.3, -0.25) is 0 Å². The lowest BCUT2D eigenvalue weighted by Crippen LogP contribution is -2.04. The summed E-state index contributed by atoms with van der Waals surface area (Å²) in [5, 5.41) is 3.24. The Morgan fingerprint density at radius 1 is 0.960 bits per heavy atom. The van der Waals surface area contributed by atoms with Gasteiger partial charge >= 0.3 is 0 Å². The van der Waals surface area contributed by atoms with Crippen LogP contribution >= 0.6 is 0 Å². The normalized spacial score (nSPS) is 10.4. The van der Waals surface area contributed by atoms with Gasteiger partial charge in [-0.2, -0.15) is 4.98 Å². The first-order valence-electron chi connectivity index (χ1n) is 7.83. The number of hydrogen-bond acceptors (Lipinski definition) is 6. The van der Waals surface area contributed by atoms with Gasteiger partial charge in [0, 0.05) is 5.69 Å². The van der Waals surface area contributed by atoms with Crippen LogP contribution in [-0.4, -0.2) is 17.1 Å². The van der Waals surface area contributed by atoms with Gasteiger partial charge in [0.1, 0.15) is 23.5 Å². The minimum Gasteiger partial charge on any atom is -0.497 e. The van der Waals surface area contributed by atoms with Crippen LogP contribution in [0.4, 0.5) is 17.2 Å². The standard InChI is InChI=1S/C19H20N4O2/c1-12-4-9-16(13(2)10-12)23-18-17(20)19(22-11-21-18)25-15-7-5-14(24-3)6-8-15/h4-11H,20H2,1-3H3,(H,21,22,23). The molecule has 0 radical (unpaired) electrons. The first kappa shape index (κ1) is 16.6. The number of methoxy groups -OCH3 is 1. The molecule has 6 nitrogen and oxygen atoms in total. The van der Waals surface area contributed by atoms with Crippen molar-refractivity contribution in [3.8, 4) is 17.4 Å². The monoisotopic (exact) mass is 336 g/mol. The van der Waals surface area contributed by atoms with E-state index in [4.69, 9.17) is 15.2 Å². The van der Waals surface area contributed by atoms with Gasteiger partial charge in [-0.05, 0) is 49.7 Å². The maximum Gasteiger partial charge on any atom is 0.248 e. The fourth-order valence-electron chi connectivity index (χ4n) is 2.40. The molecule has 3 aromatic rings. The predicted molar refractivity (Wildman–Crippen MR) is 98.7 cm³/mol. The molecule has 0 aliphatic carbocycles. The van der Waals surface area contributed by atoms with Crippen LogP contribution in [0.1, 0.15) is 11.1 Å². The number of nitrogens with one attached hydrogen (secondary N) is 1. The minimum atomic E-state index is 0.299. The Morgan fingerprint density at radius 3 is 2.36 bits per heavy atom. The van der Waals surface area contributed by atoms with Crippen LogP contribution < -0.4 is 20.5 Å². The molecule has 0 bridgehead atoms. The number of nitrogen functional groups attached to an aromatic ring is 1. The van der Waals surface area contributed by atoms with Gasteiger partial charge in [0.05, 0.1) is 7.11 Å². The number of hydrogen-bond donors (Lipinski definition) is 2. The van der Waals surface area contributed by atoms with Crippen molar-refractivity contribution in [2.45, 2.75) is 13.8 Å². The van der Waals surface area contributed by atoms with Crippen LogP contribution in [0, 0.1) is 13.8 Å². The molecule has 0 atom stereocenters. The Kier molecular flexibility index (Phi) is 4.70. The average molecular weight is 336 g/mol. The number of ether oxygens (including phenoxy) is 2. The van der Waals surface area contributed by atoms with E-state index in [1.807, 2.05) is 31.2 Å². The molecule has 0 spiro atoms. The van der Waals surface area contributed by atoms with E-state index in [0.717, 1.165) is 17.0 Å². The van der Waals surface area contributed by atoms with Gasteiger partial charge < -0.3 is 20.5 Å². The van der Waals surface area contributed by atoms with Crippen LogP contribution in [0.3, 0.4) is 0 Å². The third-order valence-corrected chi connectivity index (χ3v) is 3.76. The van der Waals surface area contributed by atoms with E-state index in [2.05, 4.69) is 28.3 Å². The molecule has 0 aliphatic rings. The van der Waals surface area contributed by atoms with Crippen molar-refractivity contribution in [2.75, 3.05) is 18.2 Å². The largest absolute Gasteiger partial charge is 0.497 e. The molecule has 3 rings (SSSR count). The Bertz CT molecular complexity index is 879. The van der Waals surface area contributed by atoms with E-state index >= 15 is 0 Å². The average Bonchev–Trinajstić information content (AvgIpc) is 2.61. The third-order valence-electron chi connectivity index (χ3n) is 3.76. The van der Waals surface area contributed by atoms with Gasteiger partial charge in [0.2, 0.25) is 5.88 Å². The van der Waals surface area contributed by atoms with Crippen molar-refractivity contribution < 1.29 is 9.47 Å². The highest BCUT2D eigenvalue weighted by atomic mass is 16.5. The molecule has 0 unspecified atom stereocenters. The predicted octanol–water partition coefficient (Wildman–Crippen LogP) is 4.22. The fraction of sp³-hybridized carbons (Fsp3) is 0.158. The van der Waals surface area contributed by atoms with Gasteiger partial charge in [-0.15, -0.1) is 0 Å². The summed E-state index contributed by atoms with van der Waals surface area (Å²) in [6.07, 6.45) is 1.42. The fourth-order valence-corrected chi connectivity index (χ4v) is 2.40. The van der Waals surface area contributed by atoms with Crippen molar-refractivity contribution in [1.82, 2.24) is 9.97 Å². The van der Waals surface area contributed by atoms with Crippen LogP contribution in [-0.2, 0) is 0 Å². The molecule has 0 aliphatic heterocycles. The van der Waals surface area contributed by atoms with E-state index < -0.39 is 0 Å². The van der Waals surface area contributed by atoms with Gasteiger partial charge in [-0.1, -0.05) is 17.7 Å². The summed E-state index contributed by atoms with van der Waals surface area (Å²) in [6.45, 7) is 4.08. The number of benzene rings is 2. The van der Waals surface area contributed by atoms with Crippen molar-refractivity contribution in [1.29, 1.82) is 0 Å². The molecule has 0 saturated heterocycles. The molecular weight excluding hydrogens is 316 g/mol. The number of nitrogens with two attached hydrogens (primary N) is 1. The maximum atomic E-state index is 6.18. The number of nitrogens with zero attached hydrogens (tertiary/aromatic N) is 2. The number of anilines is 3. The van der Waals surface area contributed by atoms with Gasteiger partial charge in [0.25, 0.3) is 0 Å². The summed E-state index contributed by atoms with van der Waals surface area (Å²) < 4.78 is 10.9. The Hall–Kier alpha value is -3.28. The highest BCUT2D eigenvalue weighted by Crippen LogP contribution is 2.32. The highest BCUT2D eigenvalue weighted by Gasteiger charge is 2.11. The van der Waals surface area contributed by atoms with Crippen LogP contribution in [0.15, 0.2) is 48.8 Å². The molecule has 3 N–H and O–H groups in total. The third kappa shape index (κ3) is 3.80. The number of aryl methyl sites for hydroxylation is 2. The molecule has 128 valence electrons. The molecule has 0 saturated carbocycles. The molecule has 1 heterocycles. The molecular formula is C19H20N4O2. The molecule has 2 aromatic carbocycles. The molecule has 0 amide bonds. The molecule has 25 heavy (non-hydrogen) atoms. The van der Waals surface area contributed by atoms with Crippen molar-refractivity contribution in [2.24, 2.45) is 0 Å². The smallest absolute Gasteiger partial charge is 0.248 e. The minimum absolute atomic E-state index is 0.299. The molecule has 1 aromatic heterocycles. The topological polar surface area (TPSA) is 82.3 Å². The lowest BCUT2D eigenvalue weighted by atomic mass is 10.1. The van der Waals surface area contributed by atoms with Crippen molar-refractivity contribution >= 4 is 17.2 Å². The van der Waals surface area contributed by atoms with E-state index in [9.17, 15) is 0 Å². The Morgan fingerprint density at radius 2 is 1.68 bits per heavy atom. The summed E-state index contributed by atoms with van der Waals surface area (Å²) >= 11 is 0. The number of rotatable bonds is 5. The van der Waals surface area contributed by atoms with E-state index in [0.29, 0.717) is 23.1 Å². The lowest BCUT2D eigenvalue weighted by Gasteiger charge is -2.13. The summed E-state index contributed by atoms with van der Waals surface area (Å²) in [5.41, 5.74) is 9.76. The lowest BCUT2D eigenvalue weighted by molar-refractivity contribution is 0.412. The van der Waals surface area contributed by atoms with Gasteiger partial charge in [-0.25, -0.2) is 4.98 Å². The van der Waals surface area contributed by atoms with Crippen molar-refractivity contribution in [3.63, 3.8) is 0 Å². The summed E-state index contributed by atoms with van der Waals surface area (Å²) in [6, 6.07) is 13.3. The zero-order valence-corrected chi connectivity index (χ0v) is 14.4. The maximum absolute atomic E-state index is 6.18. The second kappa shape index (κ2) is 7.09. The van der Waals surface area contributed by atoms with E-state index in [1.165, 1.54) is 11.9 Å². The summed E-state index contributed by atoms with van der Waals surface area (Å²) in [5.74, 6) is 2.17. The summed E-state index contributed by atoms with van der Waals surface area (Å²) in [7, 11) is 1.61. The number of aromatic nitrogens is 2. The van der Waals surface area contributed by atoms with Crippen molar-refractivity contribution in [3.05, 3.63) is 59.9 Å². The van der Waals surface area contributed by atoms with Gasteiger partial charge in [0.15, 0.2) is 5.82 Å². The highest BCUT2D eigenvalue weighted by molar-refractivity contribution is 5.73. The van der Waals surface area contributed by atoms with Crippen LogP contribution in [0.2, 0.25) is 0 Å². The Balaban J connectivity index is 1.83. The quantitative estimate of drug-likeness (QED) is 0.726. The zero-order valence-electron chi connectivity index (χ0n) is 14.4. The van der Waals surface area contributed by atoms with Crippen LogP contribution in [0.25, 0.3) is 0 Å². The molecule has 0 fully saturated rings. The second-order valence-corrected chi connectivity index (χ2v) is 5.66. The SMILES string of the molecule is COc1ccc(Oc2ncnc(Nc3ccc(C)cc3C)c2N)cc1. The van der Waals surface area contributed by atoms with E-state index in [1.54, 1.807) is 19.2 Å². The van der Waals surface area contributed by atoms with E-state index in [-0.39, 0.29) is 0 Å². The Labute approximate surface area is 146 Å². The summed E-state index contributed by atoms with van der Waals surface area (Å²) in [4.78, 5) is 8.34. The first-order chi connectivity index (χ1) is 12.1.